The Morgan fingerprint density at radius 3 is 1.38 bits per heavy atom. The predicted octanol–water partition coefficient (Wildman–Crippen LogP) is 6.58. The zero-order chi connectivity index (χ0) is 18.5. The van der Waals surface area contributed by atoms with Crippen molar-refractivity contribution >= 4 is 0 Å². The van der Waals surface area contributed by atoms with E-state index >= 15 is 0 Å². The monoisotopic (exact) mass is 338 g/mol. The molecule has 0 saturated heterocycles. The van der Waals surface area contributed by atoms with Crippen molar-refractivity contribution in [3.63, 3.8) is 0 Å². The van der Waals surface area contributed by atoms with E-state index in [0.29, 0.717) is 22.3 Å². The Bertz CT molecular complexity index is 774. The van der Waals surface area contributed by atoms with Crippen molar-refractivity contribution < 1.29 is 17.6 Å². The lowest BCUT2D eigenvalue weighted by Gasteiger charge is -2.21. The van der Waals surface area contributed by atoms with Gasteiger partial charge in [-0.25, -0.2) is 17.6 Å². The van der Waals surface area contributed by atoms with Gasteiger partial charge in [0.1, 0.15) is 0 Å². The first-order chi connectivity index (χ1) is 11.0. The molecule has 2 rings (SSSR count). The maximum absolute atomic E-state index is 14.8. The first-order valence-corrected chi connectivity index (χ1v) is 7.95. The Hall–Kier alpha value is -1.84. The van der Waals surface area contributed by atoms with Crippen molar-refractivity contribution in [2.24, 2.45) is 0 Å². The summed E-state index contributed by atoms with van der Waals surface area (Å²) in [5.74, 6) is -4.46. The lowest BCUT2D eigenvalue weighted by Crippen LogP contribution is -2.09. The lowest BCUT2D eigenvalue weighted by molar-refractivity contribution is 0.487. The molecule has 0 bridgehead atoms. The number of benzene rings is 2. The Morgan fingerprint density at radius 2 is 0.917 bits per heavy atom. The van der Waals surface area contributed by atoms with Crippen LogP contribution < -0.4 is 0 Å². The minimum absolute atomic E-state index is 0.183. The average molecular weight is 338 g/mol. The Balaban J connectivity index is 3.01. The molecule has 0 heterocycles. The minimum Gasteiger partial charge on any atom is -0.203 e. The summed E-state index contributed by atoms with van der Waals surface area (Å²) in [4.78, 5) is 0. The second-order valence-electron chi connectivity index (χ2n) is 6.70. The van der Waals surface area contributed by atoms with Gasteiger partial charge in [0.25, 0.3) is 0 Å². The maximum atomic E-state index is 14.8. The van der Waals surface area contributed by atoms with Crippen LogP contribution >= 0.6 is 0 Å². The van der Waals surface area contributed by atoms with Crippen LogP contribution in [-0.2, 0) is 0 Å². The highest BCUT2D eigenvalue weighted by Crippen LogP contribution is 2.40. The van der Waals surface area contributed by atoms with E-state index in [-0.39, 0.29) is 28.2 Å². The summed E-state index contributed by atoms with van der Waals surface area (Å²) in [7, 11) is 0. The standard InChI is InChI=1S/C20H22F4/c1-8(2)14-11(5)12(6)16(20(24)18(14)22)15-10(4)9(3)13(7)17(21)19(15)23/h8H,1-7H3. The summed E-state index contributed by atoms with van der Waals surface area (Å²) < 4.78 is 58.2. The number of rotatable bonds is 2. The molecule has 0 unspecified atom stereocenters. The van der Waals surface area contributed by atoms with Gasteiger partial charge in [-0.2, -0.15) is 0 Å². The highest BCUT2D eigenvalue weighted by molar-refractivity contribution is 5.75. The SMILES string of the molecule is Cc1c(C)c(F)c(F)c(-c2c(C)c(C)c(C(C)C)c(F)c2F)c1C. The van der Waals surface area contributed by atoms with Crippen molar-refractivity contribution in [1.82, 2.24) is 0 Å². The van der Waals surface area contributed by atoms with E-state index in [1.54, 1.807) is 41.5 Å². The molecule has 2 aromatic rings. The molecule has 0 nitrogen and oxygen atoms in total. The van der Waals surface area contributed by atoms with Crippen LogP contribution in [0.15, 0.2) is 0 Å². The van der Waals surface area contributed by atoms with Crippen LogP contribution in [0.25, 0.3) is 11.1 Å². The van der Waals surface area contributed by atoms with Gasteiger partial charge in [-0.15, -0.1) is 0 Å². The van der Waals surface area contributed by atoms with Crippen molar-refractivity contribution in [3.8, 4) is 11.1 Å². The minimum atomic E-state index is -1.13. The maximum Gasteiger partial charge on any atom is 0.167 e. The molecule has 0 spiro atoms. The van der Waals surface area contributed by atoms with Gasteiger partial charge in [0.15, 0.2) is 23.3 Å². The molecule has 0 aliphatic rings. The molecule has 0 atom stereocenters. The largest absolute Gasteiger partial charge is 0.203 e. The van der Waals surface area contributed by atoms with Gasteiger partial charge in [0.05, 0.1) is 0 Å². The van der Waals surface area contributed by atoms with E-state index in [0.717, 1.165) is 0 Å². The fourth-order valence-corrected chi connectivity index (χ4v) is 3.30. The third kappa shape index (κ3) is 2.52. The van der Waals surface area contributed by atoms with Gasteiger partial charge < -0.3 is 0 Å². The molecule has 0 aromatic heterocycles. The van der Waals surface area contributed by atoms with Crippen LogP contribution in [0.5, 0.6) is 0 Å². The molecule has 0 saturated carbocycles. The van der Waals surface area contributed by atoms with Crippen LogP contribution in [0.2, 0.25) is 0 Å². The second-order valence-corrected chi connectivity index (χ2v) is 6.70. The topological polar surface area (TPSA) is 0 Å². The van der Waals surface area contributed by atoms with Crippen LogP contribution in [0.3, 0.4) is 0 Å². The summed E-state index contributed by atoms with van der Waals surface area (Å²) in [6.07, 6.45) is 0. The Labute approximate surface area is 140 Å². The van der Waals surface area contributed by atoms with Crippen molar-refractivity contribution in [2.75, 3.05) is 0 Å². The normalized spacial score (nSPS) is 11.5. The van der Waals surface area contributed by atoms with Gasteiger partial charge in [0.2, 0.25) is 0 Å². The molecule has 0 N–H and O–H groups in total. The summed E-state index contributed by atoms with van der Waals surface area (Å²) in [6, 6.07) is 0. The summed E-state index contributed by atoms with van der Waals surface area (Å²) in [5.41, 5.74) is 2.03. The first kappa shape index (κ1) is 18.5. The van der Waals surface area contributed by atoms with Crippen molar-refractivity contribution in [3.05, 3.63) is 56.6 Å². The fourth-order valence-electron chi connectivity index (χ4n) is 3.30. The molecule has 0 fully saturated rings. The van der Waals surface area contributed by atoms with Crippen LogP contribution in [-0.4, -0.2) is 0 Å². The highest BCUT2D eigenvalue weighted by Gasteiger charge is 2.28. The quantitative estimate of drug-likeness (QED) is 0.543. The van der Waals surface area contributed by atoms with Gasteiger partial charge in [-0.1, -0.05) is 13.8 Å². The zero-order valence-corrected chi connectivity index (χ0v) is 15.1. The average Bonchev–Trinajstić information content (AvgIpc) is 2.52. The van der Waals surface area contributed by atoms with E-state index in [2.05, 4.69) is 0 Å². The molecule has 0 radical (unpaired) electrons. The Kier molecular flexibility index (Phi) is 4.80. The molecular weight excluding hydrogens is 316 g/mol. The van der Waals surface area contributed by atoms with Crippen molar-refractivity contribution in [1.29, 1.82) is 0 Å². The molecule has 24 heavy (non-hydrogen) atoms. The second kappa shape index (κ2) is 6.23. The van der Waals surface area contributed by atoms with Crippen LogP contribution in [0.1, 0.15) is 53.1 Å². The van der Waals surface area contributed by atoms with E-state index in [1.165, 1.54) is 6.92 Å². The summed E-state index contributed by atoms with van der Waals surface area (Å²) >= 11 is 0. The summed E-state index contributed by atoms with van der Waals surface area (Å²) in [6.45, 7) is 11.6. The first-order valence-electron chi connectivity index (χ1n) is 7.95. The van der Waals surface area contributed by atoms with E-state index in [1.807, 2.05) is 0 Å². The molecule has 2 aromatic carbocycles. The van der Waals surface area contributed by atoms with Crippen molar-refractivity contribution in [2.45, 2.75) is 54.4 Å². The molecule has 0 aliphatic heterocycles. The smallest absolute Gasteiger partial charge is 0.167 e. The Morgan fingerprint density at radius 1 is 0.500 bits per heavy atom. The third-order valence-electron chi connectivity index (χ3n) is 5.06. The number of hydrogen-bond acceptors (Lipinski definition) is 0. The predicted molar refractivity (Wildman–Crippen MR) is 89.5 cm³/mol. The highest BCUT2D eigenvalue weighted by atomic mass is 19.2. The number of halogens is 4. The molecule has 4 heteroatoms. The van der Waals surface area contributed by atoms with Gasteiger partial charge >= 0.3 is 0 Å². The number of hydrogen-bond donors (Lipinski definition) is 0. The lowest BCUT2D eigenvalue weighted by atomic mass is 9.85. The van der Waals surface area contributed by atoms with E-state index < -0.39 is 23.3 Å². The van der Waals surface area contributed by atoms with Gasteiger partial charge in [0, 0.05) is 11.1 Å². The van der Waals surface area contributed by atoms with Crippen LogP contribution in [0.4, 0.5) is 17.6 Å². The zero-order valence-electron chi connectivity index (χ0n) is 15.1. The molecule has 0 amide bonds. The van der Waals surface area contributed by atoms with E-state index in [9.17, 15) is 17.6 Å². The molecule has 0 aliphatic carbocycles. The van der Waals surface area contributed by atoms with Gasteiger partial charge in [-0.3, -0.25) is 0 Å². The molecular formula is C20H22F4. The van der Waals surface area contributed by atoms with Gasteiger partial charge in [-0.05, 0) is 73.9 Å². The third-order valence-corrected chi connectivity index (χ3v) is 5.06. The molecule has 130 valence electrons. The van der Waals surface area contributed by atoms with Crippen LogP contribution in [0, 0.1) is 57.9 Å². The fraction of sp³-hybridized carbons (Fsp3) is 0.400. The van der Waals surface area contributed by atoms with E-state index in [4.69, 9.17) is 0 Å². The summed E-state index contributed by atoms with van der Waals surface area (Å²) in [5, 5.41) is 0.